The van der Waals surface area contributed by atoms with Gasteiger partial charge in [-0.1, -0.05) is 103 Å². The third-order valence-corrected chi connectivity index (χ3v) is 10.1. The van der Waals surface area contributed by atoms with Gasteiger partial charge in [-0.2, -0.15) is 0 Å². The molecule has 0 atom stereocenters. The number of fused-ring (bicyclic) bond motifs is 13. The van der Waals surface area contributed by atoms with Crippen LogP contribution >= 0.6 is 0 Å². The predicted octanol–water partition coefficient (Wildman–Crippen LogP) is 11.5. The van der Waals surface area contributed by atoms with Crippen LogP contribution in [0.3, 0.4) is 0 Å². The number of nitrogens with one attached hydrogen (secondary N) is 2. The van der Waals surface area contributed by atoms with E-state index in [1.807, 2.05) is 0 Å². The molecule has 1 aliphatic rings. The van der Waals surface area contributed by atoms with Crippen molar-refractivity contribution in [3.63, 3.8) is 0 Å². The smallest absolute Gasteiger partial charge is 0.100 e. The summed E-state index contributed by atoms with van der Waals surface area (Å²) >= 11 is 0. The molecule has 5 nitrogen and oxygen atoms in total. The number of hydrogen-bond acceptors (Lipinski definition) is 3. The summed E-state index contributed by atoms with van der Waals surface area (Å²) in [5, 5.41) is 6.50. The van der Waals surface area contributed by atoms with Crippen molar-refractivity contribution in [2.75, 3.05) is 0 Å². The molecule has 5 aromatic heterocycles. The Bertz CT molecular complexity index is 2930. The number of pyridine rings is 1. The van der Waals surface area contributed by atoms with E-state index >= 15 is 0 Å². The van der Waals surface area contributed by atoms with Gasteiger partial charge in [-0.25, -0.2) is 15.0 Å². The van der Waals surface area contributed by atoms with Crippen LogP contribution in [-0.2, 0) is 0 Å². The first-order valence-corrected chi connectivity index (χ1v) is 16.9. The molecule has 0 saturated carbocycles. The lowest BCUT2D eigenvalue weighted by atomic mass is 10.0. The highest BCUT2D eigenvalue weighted by Crippen LogP contribution is 2.41. The van der Waals surface area contributed by atoms with Crippen LogP contribution in [0.2, 0.25) is 0 Å². The monoisotopic (exact) mass is 637 g/mol. The van der Waals surface area contributed by atoms with E-state index in [4.69, 9.17) is 15.0 Å². The molecule has 50 heavy (non-hydrogen) atoms. The standard InChI is InChI=1S/C45H27N5/c1-3-11-26(12-4-1)39-33-19-20-34(46-33)40(27-13-5-2-6-14-27)36-22-24-38(48-36)42-30-17-9-10-18-32(30)49-44-31-25-28-15-7-8-16-29(28)41(43(31)50-45(42)44)37-23-21-35(39)47-37/h1-25,47-48H. The minimum Gasteiger partial charge on any atom is -0.354 e. The van der Waals surface area contributed by atoms with Gasteiger partial charge in [0.15, 0.2) is 0 Å². The molecular formula is C45H27N5. The Hall–Kier alpha value is -6.85. The molecule has 232 valence electrons. The third-order valence-electron chi connectivity index (χ3n) is 10.1. The molecular weight excluding hydrogens is 611 g/mol. The van der Waals surface area contributed by atoms with Crippen LogP contribution in [0.4, 0.5) is 0 Å². The molecule has 5 aromatic carbocycles. The predicted molar refractivity (Wildman–Crippen MR) is 208 cm³/mol. The Morgan fingerprint density at radius 1 is 0.380 bits per heavy atom. The van der Waals surface area contributed by atoms with Crippen LogP contribution in [-0.4, -0.2) is 24.9 Å². The Morgan fingerprint density at radius 2 is 0.920 bits per heavy atom. The summed E-state index contributed by atoms with van der Waals surface area (Å²) in [5.74, 6) is 0. The van der Waals surface area contributed by atoms with Gasteiger partial charge in [-0.3, -0.25) is 0 Å². The molecule has 0 radical (unpaired) electrons. The van der Waals surface area contributed by atoms with E-state index in [0.29, 0.717) is 0 Å². The SMILES string of the molecule is C1=Cc2nc1c(-c1ccccc1)c1ccc([nH]1)c1c3ccccc3cc3c4nc5ccccc5c(c5ccc([nH]5)c2-c2ccccc2)c4nc31. The molecule has 0 aliphatic carbocycles. The highest BCUT2D eigenvalue weighted by molar-refractivity contribution is 6.29. The summed E-state index contributed by atoms with van der Waals surface area (Å²) in [6, 6.07) is 49.0. The number of aromatic nitrogens is 5. The van der Waals surface area contributed by atoms with Crippen molar-refractivity contribution in [1.29, 1.82) is 0 Å². The average Bonchev–Trinajstić information content (AvgIpc) is 3.99. The first-order chi connectivity index (χ1) is 24.8. The molecule has 5 heteroatoms. The lowest BCUT2D eigenvalue weighted by Crippen LogP contribution is -1.88. The molecule has 0 fully saturated rings. The third kappa shape index (κ3) is 3.92. The van der Waals surface area contributed by atoms with Crippen molar-refractivity contribution in [1.82, 2.24) is 24.9 Å². The van der Waals surface area contributed by atoms with Crippen LogP contribution in [0.25, 0.3) is 111 Å². The van der Waals surface area contributed by atoms with Gasteiger partial charge in [0.1, 0.15) is 5.52 Å². The fraction of sp³-hybridized carbons (Fsp3) is 0. The highest BCUT2D eigenvalue weighted by Gasteiger charge is 2.20. The second-order valence-corrected chi connectivity index (χ2v) is 13.0. The number of hydrogen-bond donors (Lipinski definition) is 2. The Labute approximate surface area is 285 Å². The molecule has 0 saturated heterocycles. The van der Waals surface area contributed by atoms with Crippen LogP contribution in [0.1, 0.15) is 11.4 Å². The van der Waals surface area contributed by atoms with Gasteiger partial charge >= 0.3 is 0 Å². The molecule has 8 bridgehead atoms. The summed E-state index contributed by atoms with van der Waals surface area (Å²) in [6.07, 6.45) is 4.28. The van der Waals surface area contributed by atoms with Gasteiger partial charge in [-0.05, 0) is 70.4 Å². The van der Waals surface area contributed by atoms with Gasteiger partial charge in [0.25, 0.3) is 0 Å². The first kappa shape index (κ1) is 27.1. The van der Waals surface area contributed by atoms with E-state index in [-0.39, 0.29) is 0 Å². The van der Waals surface area contributed by atoms with Gasteiger partial charge in [0.2, 0.25) is 0 Å². The fourth-order valence-corrected chi connectivity index (χ4v) is 7.90. The Balaban J connectivity index is 1.44. The Kier molecular flexibility index (Phi) is 5.60. The minimum atomic E-state index is 0.883. The number of aromatic amines is 2. The summed E-state index contributed by atoms with van der Waals surface area (Å²) in [6.45, 7) is 0. The summed E-state index contributed by atoms with van der Waals surface area (Å²) in [5.41, 5.74) is 13.7. The summed E-state index contributed by atoms with van der Waals surface area (Å²) < 4.78 is 0. The van der Waals surface area contributed by atoms with Gasteiger partial charge in [0, 0.05) is 54.7 Å². The zero-order valence-electron chi connectivity index (χ0n) is 26.8. The summed E-state index contributed by atoms with van der Waals surface area (Å²) in [7, 11) is 0. The molecule has 2 N–H and O–H groups in total. The van der Waals surface area contributed by atoms with Crippen molar-refractivity contribution in [3.05, 3.63) is 151 Å². The van der Waals surface area contributed by atoms with Crippen molar-refractivity contribution in [2.24, 2.45) is 0 Å². The highest BCUT2D eigenvalue weighted by atomic mass is 14.8. The van der Waals surface area contributed by atoms with E-state index in [9.17, 15) is 0 Å². The minimum absolute atomic E-state index is 0.883. The molecule has 0 unspecified atom stereocenters. The molecule has 0 amide bonds. The zero-order chi connectivity index (χ0) is 32.8. The zero-order valence-corrected chi connectivity index (χ0v) is 26.8. The van der Waals surface area contributed by atoms with Gasteiger partial charge in [-0.15, -0.1) is 0 Å². The molecule has 10 aromatic rings. The quantitative estimate of drug-likeness (QED) is 0.198. The van der Waals surface area contributed by atoms with Crippen LogP contribution in [0.5, 0.6) is 0 Å². The maximum Gasteiger partial charge on any atom is 0.100 e. The normalized spacial score (nSPS) is 12.3. The van der Waals surface area contributed by atoms with Crippen molar-refractivity contribution in [2.45, 2.75) is 0 Å². The second-order valence-electron chi connectivity index (χ2n) is 13.0. The number of H-pyrrole nitrogens is 2. The lowest BCUT2D eigenvalue weighted by molar-refractivity contribution is 1.32. The van der Waals surface area contributed by atoms with E-state index in [1.54, 1.807) is 0 Å². The van der Waals surface area contributed by atoms with Crippen molar-refractivity contribution >= 4 is 88.6 Å². The van der Waals surface area contributed by atoms with Gasteiger partial charge in [0.05, 0.1) is 27.9 Å². The molecule has 11 rings (SSSR count). The second kappa shape index (κ2) is 10.3. The maximum atomic E-state index is 5.51. The van der Waals surface area contributed by atoms with Crippen LogP contribution in [0.15, 0.2) is 140 Å². The average molecular weight is 638 g/mol. The number of nitrogens with zero attached hydrogens (tertiary/aromatic N) is 3. The number of para-hydroxylation sites is 1. The molecule has 0 spiro atoms. The fourth-order valence-electron chi connectivity index (χ4n) is 7.90. The Morgan fingerprint density at radius 3 is 1.58 bits per heavy atom. The number of rotatable bonds is 2. The lowest BCUT2D eigenvalue weighted by Gasteiger charge is -2.05. The maximum absolute atomic E-state index is 5.51. The first-order valence-electron chi connectivity index (χ1n) is 16.9. The van der Waals surface area contributed by atoms with E-state index in [1.165, 1.54) is 0 Å². The molecule has 6 heterocycles. The largest absolute Gasteiger partial charge is 0.354 e. The van der Waals surface area contributed by atoms with Crippen molar-refractivity contribution in [3.8, 4) is 22.3 Å². The number of benzene rings is 5. The van der Waals surface area contributed by atoms with Crippen molar-refractivity contribution < 1.29 is 0 Å². The van der Waals surface area contributed by atoms with E-state index < -0.39 is 0 Å². The summed E-state index contributed by atoms with van der Waals surface area (Å²) in [4.78, 5) is 23.9. The van der Waals surface area contributed by atoms with Crippen LogP contribution < -0.4 is 0 Å². The topological polar surface area (TPSA) is 70.2 Å². The molecule has 1 aliphatic heterocycles. The van der Waals surface area contributed by atoms with Gasteiger partial charge < -0.3 is 9.97 Å². The van der Waals surface area contributed by atoms with E-state index in [0.717, 1.165) is 110 Å². The van der Waals surface area contributed by atoms with Crippen LogP contribution in [0, 0.1) is 0 Å². The van der Waals surface area contributed by atoms with E-state index in [2.05, 4.69) is 162 Å².